The van der Waals surface area contributed by atoms with Gasteiger partial charge in [-0.15, -0.1) is 0 Å². The van der Waals surface area contributed by atoms with Crippen molar-refractivity contribution in [3.8, 4) is 17.2 Å². The molecule has 2 heterocycles. The molecule has 102 valence electrons. The van der Waals surface area contributed by atoms with Gasteiger partial charge in [0.1, 0.15) is 17.4 Å². The molecule has 0 saturated carbocycles. The van der Waals surface area contributed by atoms with E-state index < -0.39 is 11.8 Å². The lowest BCUT2D eigenvalue weighted by atomic mass is 10.1. The van der Waals surface area contributed by atoms with Crippen molar-refractivity contribution < 1.29 is 28.8 Å². The largest absolute Gasteiger partial charge is 0.504 e. The number of hydrogen-bond donors (Lipinski definition) is 1. The third-order valence-corrected chi connectivity index (χ3v) is 2.89. The third kappa shape index (κ3) is 2.08. The van der Waals surface area contributed by atoms with E-state index in [-0.39, 0.29) is 23.2 Å². The fraction of sp³-hybridized carbons (Fsp3) is 0.462. The zero-order valence-corrected chi connectivity index (χ0v) is 10.6. The topological polar surface area (TPSA) is 74.2 Å². The summed E-state index contributed by atoms with van der Waals surface area (Å²) in [5.74, 6) is -1.37. The van der Waals surface area contributed by atoms with Crippen LogP contribution < -0.4 is 9.47 Å². The molecular formula is C13H14O6. The van der Waals surface area contributed by atoms with Crippen LogP contribution >= 0.6 is 0 Å². The van der Waals surface area contributed by atoms with Crippen molar-refractivity contribution in [3.63, 3.8) is 0 Å². The smallest absolute Gasteiger partial charge is 0.349 e. The number of fused-ring (bicyclic) bond motifs is 1. The summed E-state index contributed by atoms with van der Waals surface area (Å²) in [6, 6.07) is 2.96. The van der Waals surface area contributed by atoms with Gasteiger partial charge in [0.15, 0.2) is 11.5 Å². The van der Waals surface area contributed by atoms with E-state index in [0.29, 0.717) is 19.0 Å². The molecular weight excluding hydrogens is 252 g/mol. The van der Waals surface area contributed by atoms with Gasteiger partial charge in [0.2, 0.25) is 5.79 Å². The van der Waals surface area contributed by atoms with E-state index >= 15 is 0 Å². The molecule has 0 unspecified atom stereocenters. The van der Waals surface area contributed by atoms with Crippen LogP contribution in [-0.4, -0.2) is 36.2 Å². The van der Waals surface area contributed by atoms with E-state index in [9.17, 15) is 9.90 Å². The van der Waals surface area contributed by atoms with Crippen molar-refractivity contribution >= 4 is 5.97 Å². The van der Waals surface area contributed by atoms with Gasteiger partial charge in [0.25, 0.3) is 0 Å². The van der Waals surface area contributed by atoms with Crippen molar-refractivity contribution in [1.29, 1.82) is 0 Å². The summed E-state index contributed by atoms with van der Waals surface area (Å²) in [4.78, 5) is 12.0. The van der Waals surface area contributed by atoms with Crippen LogP contribution in [0.2, 0.25) is 0 Å². The summed E-state index contributed by atoms with van der Waals surface area (Å²) < 4.78 is 21.3. The highest BCUT2D eigenvalue weighted by atomic mass is 16.7. The van der Waals surface area contributed by atoms with Crippen LogP contribution in [0.5, 0.6) is 17.2 Å². The Hall–Kier alpha value is -1.95. The van der Waals surface area contributed by atoms with E-state index in [1.807, 2.05) is 0 Å². The van der Waals surface area contributed by atoms with Crippen LogP contribution in [-0.2, 0) is 9.47 Å². The zero-order chi connectivity index (χ0) is 13.6. The first-order valence-corrected chi connectivity index (χ1v) is 5.99. The Bertz CT molecular complexity index is 532. The van der Waals surface area contributed by atoms with Crippen molar-refractivity contribution in [2.75, 3.05) is 13.2 Å². The summed E-state index contributed by atoms with van der Waals surface area (Å²) in [5, 5.41) is 9.82. The fourth-order valence-electron chi connectivity index (χ4n) is 1.95. The van der Waals surface area contributed by atoms with E-state index in [2.05, 4.69) is 0 Å². The van der Waals surface area contributed by atoms with Gasteiger partial charge in [0.05, 0.1) is 13.2 Å². The van der Waals surface area contributed by atoms with Gasteiger partial charge in [-0.05, 0) is 12.1 Å². The average molecular weight is 266 g/mol. The van der Waals surface area contributed by atoms with E-state index in [1.165, 1.54) is 12.1 Å². The van der Waals surface area contributed by atoms with Crippen LogP contribution in [0.25, 0.3) is 0 Å². The number of hydrogen-bond acceptors (Lipinski definition) is 6. The van der Waals surface area contributed by atoms with Crippen molar-refractivity contribution in [2.24, 2.45) is 0 Å². The molecule has 0 atom stereocenters. The number of phenols is 1. The number of phenolic OH excluding ortho intramolecular Hbond substituents is 1. The molecule has 1 N–H and O–H groups in total. The summed E-state index contributed by atoms with van der Waals surface area (Å²) in [5.41, 5.74) is 0.117. The zero-order valence-electron chi connectivity index (χ0n) is 10.6. The molecule has 19 heavy (non-hydrogen) atoms. The Balaban J connectivity index is 2.01. The standard InChI is InChI=1S/C13H14O6/c1-13(2)18-11-8(14)3-4-9(10(11)12(15)19-13)17-7-5-16-6-7/h3-4,7,14H,5-6H2,1-2H3. The summed E-state index contributed by atoms with van der Waals surface area (Å²) in [6.07, 6.45) is -0.0867. The number of carbonyl (C=O) groups excluding carboxylic acids is 1. The van der Waals surface area contributed by atoms with Gasteiger partial charge < -0.3 is 24.1 Å². The van der Waals surface area contributed by atoms with Gasteiger partial charge in [-0.2, -0.15) is 0 Å². The second-order valence-corrected chi connectivity index (χ2v) is 4.96. The molecule has 2 aliphatic rings. The van der Waals surface area contributed by atoms with Crippen molar-refractivity contribution in [3.05, 3.63) is 17.7 Å². The molecule has 3 rings (SSSR count). The third-order valence-electron chi connectivity index (χ3n) is 2.89. The van der Waals surface area contributed by atoms with Gasteiger partial charge in [-0.1, -0.05) is 0 Å². The molecule has 1 aromatic rings. The normalized spacial score (nSPS) is 20.8. The fourth-order valence-corrected chi connectivity index (χ4v) is 1.95. The highest BCUT2D eigenvalue weighted by Gasteiger charge is 2.38. The van der Waals surface area contributed by atoms with Gasteiger partial charge >= 0.3 is 5.97 Å². The van der Waals surface area contributed by atoms with Crippen LogP contribution in [0.15, 0.2) is 12.1 Å². The average Bonchev–Trinajstić information content (AvgIpc) is 2.25. The molecule has 2 aliphatic heterocycles. The Labute approximate surface area is 109 Å². The summed E-state index contributed by atoms with van der Waals surface area (Å²) >= 11 is 0. The van der Waals surface area contributed by atoms with Crippen LogP contribution in [0.3, 0.4) is 0 Å². The first kappa shape index (κ1) is 12.1. The predicted octanol–water partition coefficient (Wildman–Crippen LogP) is 1.46. The van der Waals surface area contributed by atoms with Gasteiger partial charge in [0, 0.05) is 13.8 Å². The predicted molar refractivity (Wildman–Crippen MR) is 63.5 cm³/mol. The van der Waals surface area contributed by atoms with Gasteiger partial charge in [-0.25, -0.2) is 4.79 Å². The number of carbonyl (C=O) groups is 1. The van der Waals surface area contributed by atoms with E-state index in [0.717, 1.165) is 0 Å². The lowest BCUT2D eigenvalue weighted by Gasteiger charge is -2.34. The maximum atomic E-state index is 12.0. The number of rotatable bonds is 2. The molecule has 6 nitrogen and oxygen atoms in total. The Morgan fingerprint density at radius 1 is 1.32 bits per heavy atom. The minimum atomic E-state index is -1.11. The molecule has 1 saturated heterocycles. The number of cyclic esters (lactones) is 1. The van der Waals surface area contributed by atoms with E-state index in [1.54, 1.807) is 13.8 Å². The second-order valence-electron chi connectivity index (χ2n) is 4.96. The second kappa shape index (κ2) is 4.03. The Morgan fingerprint density at radius 3 is 2.68 bits per heavy atom. The first-order valence-electron chi connectivity index (χ1n) is 5.99. The quantitative estimate of drug-likeness (QED) is 0.817. The lowest BCUT2D eigenvalue weighted by Crippen LogP contribution is -2.41. The highest BCUT2D eigenvalue weighted by molar-refractivity contribution is 5.97. The maximum Gasteiger partial charge on any atom is 0.349 e. The van der Waals surface area contributed by atoms with Crippen LogP contribution in [0.4, 0.5) is 0 Å². The SMILES string of the molecule is CC1(C)OC(=O)c2c(OC3COC3)ccc(O)c2O1. The van der Waals surface area contributed by atoms with Crippen molar-refractivity contribution in [1.82, 2.24) is 0 Å². The van der Waals surface area contributed by atoms with Crippen LogP contribution in [0.1, 0.15) is 24.2 Å². The minimum absolute atomic E-state index is 0.0867. The molecule has 0 spiro atoms. The molecule has 0 amide bonds. The summed E-state index contributed by atoms with van der Waals surface area (Å²) in [6.45, 7) is 4.16. The maximum absolute atomic E-state index is 12.0. The molecule has 0 radical (unpaired) electrons. The lowest BCUT2D eigenvalue weighted by molar-refractivity contribution is -0.129. The molecule has 0 aromatic heterocycles. The number of aromatic hydroxyl groups is 1. The highest BCUT2D eigenvalue weighted by Crippen LogP contribution is 2.43. The monoisotopic (exact) mass is 266 g/mol. The molecule has 6 heteroatoms. The van der Waals surface area contributed by atoms with Gasteiger partial charge in [-0.3, -0.25) is 0 Å². The molecule has 1 aromatic carbocycles. The molecule has 1 fully saturated rings. The molecule has 0 bridgehead atoms. The minimum Gasteiger partial charge on any atom is -0.504 e. The number of esters is 1. The summed E-state index contributed by atoms with van der Waals surface area (Å²) in [7, 11) is 0. The number of ether oxygens (including phenoxy) is 4. The number of benzene rings is 1. The first-order chi connectivity index (χ1) is 8.96. The Morgan fingerprint density at radius 2 is 2.05 bits per heavy atom. The molecule has 0 aliphatic carbocycles. The Kier molecular flexibility index (Phi) is 2.56. The van der Waals surface area contributed by atoms with E-state index in [4.69, 9.17) is 18.9 Å². The van der Waals surface area contributed by atoms with Crippen molar-refractivity contribution in [2.45, 2.75) is 25.7 Å². The van der Waals surface area contributed by atoms with Crippen LogP contribution in [0, 0.1) is 0 Å².